The molecule has 136 valence electrons. The summed E-state index contributed by atoms with van der Waals surface area (Å²) < 4.78 is 10.3. The molecule has 0 saturated carbocycles. The van der Waals surface area contributed by atoms with Crippen molar-refractivity contribution >= 4 is 11.9 Å². The molecule has 2 aromatic rings. The number of hydrogen-bond donors (Lipinski definition) is 0. The van der Waals surface area contributed by atoms with Crippen molar-refractivity contribution in [2.45, 2.75) is 39.5 Å². The second-order valence-corrected chi connectivity index (χ2v) is 6.22. The van der Waals surface area contributed by atoms with E-state index in [1.165, 1.54) is 12.5 Å². The van der Waals surface area contributed by atoms with Crippen LogP contribution in [0, 0.1) is 0 Å². The van der Waals surface area contributed by atoms with Crippen LogP contribution in [0.3, 0.4) is 0 Å². The van der Waals surface area contributed by atoms with E-state index in [9.17, 15) is 9.59 Å². The summed E-state index contributed by atoms with van der Waals surface area (Å²) in [6.45, 7) is 5.86. The summed E-state index contributed by atoms with van der Waals surface area (Å²) in [4.78, 5) is 24.1. The number of esters is 2. The Kier molecular flexibility index (Phi) is 7.15. The van der Waals surface area contributed by atoms with E-state index >= 15 is 0 Å². The molecule has 0 N–H and O–H groups in total. The molecule has 0 fully saturated rings. The van der Waals surface area contributed by atoms with Gasteiger partial charge in [0.2, 0.25) is 0 Å². The first-order valence-electron chi connectivity index (χ1n) is 8.76. The second kappa shape index (κ2) is 9.56. The summed E-state index contributed by atoms with van der Waals surface area (Å²) in [6.07, 6.45) is 3.35. The van der Waals surface area contributed by atoms with Gasteiger partial charge < -0.3 is 9.47 Å². The lowest BCUT2D eigenvalue weighted by atomic mass is 9.96. The minimum absolute atomic E-state index is 0.204. The summed E-state index contributed by atoms with van der Waals surface area (Å²) in [6, 6.07) is 16.1. The maximum Gasteiger partial charge on any atom is 0.342 e. The summed E-state index contributed by atoms with van der Waals surface area (Å²) in [5.41, 5.74) is 1.84. The third-order valence-electron chi connectivity index (χ3n) is 4.06. The number of hydrogen-bond acceptors (Lipinski definition) is 4. The normalized spacial score (nSPS) is 12.3. The lowest BCUT2D eigenvalue weighted by Gasteiger charge is -2.10. The highest BCUT2D eigenvalue weighted by molar-refractivity contribution is 5.92. The molecule has 4 heteroatoms. The van der Waals surface area contributed by atoms with Crippen molar-refractivity contribution < 1.29 is 19.1 Å². The monoisotopic (exact) mass is 352 g/mol. The average molecular weight is 352 g/mol. The molecule has 2 aromatic carbocycles. The Bertz CT molecular complexity index is 760. The molecule has 0 heterocycles. The van der Waals surface area contributed by atoms with Crippen LogP contribution in [0.2, 0.25) is 0 Å². The zero-order valence-electron chi connectivity index (χ0n) is 15.4. The third-order valence-corrected chi connectivity index (χ3v) is 4.06. The predicted molar refractivity (Wildman–Crippen MR) is 101 cm³/mol. The van der Waals surface area contributed by atoms with Crippen molar-refractivity contribution in [1.29, 1.82) is 0 Å². The Hall–Kier alpha value is -2.88. The van der Waals surface area contributed by atoms with Crippen LogP contribution >= 0.6 is 0 Å². The molecule has 26 heavy (non-hydrogen) atoms. The number of para-hydroxylation sites is 1. The van der Waals surface area contributed by atoms with Gasteiger partial charge in [-0.3, -0.25) is 0 Å². The van der Waals surface area contributed by atoms with Crippen LogP contribution in [0.15, 0.2) is 66.4 Å². The summed E-state index contributed by atoms with van der Waals surface area (Å²) in [5, 5.41) is 0. The minimum Gasteiger partial charge on any atom is -0.430 e. The van der Waals surface area contributed by atoms with E-state index in [-0.39, 0.29) is 5.57 Å². The average Bonchev–Trinajstić information content (AvgIpc) is 2.67. The lowest BCUT2D eigenvalue weighted by molar-refractivity contribution is -0.130. The summed E-state index contributed by atoms with van der Waals surface area (Å²) in [5.74, 6) is -0.173. The largest absolute Gasteiger partial charge is 0.430 e. The van der Waals surface area contributed by atoms with Crippen molar-refractivity contribution in [3.63, 3.8) is 0 Å². The molecule has 0 amide bonds. The SMILES string of the molecule is CCCC(C)c1ccc(C(=O)OC=C(C)C(=O)Oc2ccccc2)cc1. The van der Waals surface area contributed by atoms with E-state index < -0.39 is 11.9 Å². The van der Waals surface area contributed by atoms with Crippen molar-refractivity contribution in [3.8, 4) is 5.75 Å². The van der Waals surface area contributed by atoms with Crippen LogP contribution in [-0.2, 0) is 9.53 Å². The highest BCUT2D eigenvalue weighted by atomic mass is 16.5. The smallest absolute Gasteiger partial charge is 0.342 e. The molecule has 1 atom stereocenters. The molecule has 0 radical (unpaired) electrons. The van der Waals surface area contributed by atoms with Crippen LogP contribution in [0.1, 0.15) is 55.5 Å². The number of carbonyl (C=O) groups excluding carboxylic acids is 2. The van der Waals surface area contributed by atoms with E-state index in [2.05, 4.69) is 13.8 Å². The van der Waals surface area contributed by atoms with Crippen molar-refractivity contribution in [2.75, 3.05) is 0 Å². The number of rotatable bonds is 7. The van der Waals surface area contributed by atoms with E-state index in [4.69, 9.17) is 9.47 Å². The molecular weight excluding hydrogens is 328 g/mol. The maximum atomic E-state index is 12.1. The first-order valence-corrected chi connectivity index (χ1v) is 8.76. The Morgan fingerprint density at radius 2 is 1.69 bits per heavy atom. The predicted octanol–water partition coefficient (Wildman–Crippen LogP) is 5.26. The zero-order valence-corrected chi connectivity index (χ0v) is 15.4. The first-order chi connectivity index (χ1) is 12.5. The second-order valence-electron chi connectivity index (χ2n) is 6.22. The first kappa shape index (κ1) is 19.4. The van der Waals surface area contributed by atoms with Gasteiger partial charge in [-0.2, -0.15) is 0 Å². The van der Waals surface area contributed by atoms with Gasteiger partial charge in [0.25, 0.3) is 0 Å². The van der Waals surface area contributed by atoms with E-state index in [1.807, 2.05) is 18.2 Å². The van der Waals surface area contributed by atoms with Crippen LogP contribution in [0.5, 0.6) is 5.75 Å². The zero-order chi connectivity index (χ0) is 18.9. The quantitative estimate of drug-likeness (QED) is 0.295. The fourth-order valence-electron chi connectivity index (χ4n) is 2.48. The standard InChI is InChI=1S/C22H24O4/c1-4-8-16(2)18-11-13-19(14-12-18)22(24)25-15-17(3)21(23)26-20-9-6-5-7-10-20/h5-7,9-16H,4,8H2,1-3H3. The van der Waals surface area contributed by atoms with E-state index in [1.54, 1.807) is 36.4 Å². The van der Waals surface area contributed by atoms with Gasteiger partial charge >= 0.3 is 11.9 Å². The number of benzene rings is 2. The Morgan fingerprint density at radius 3 is 2.31 bits per heavy atom. The molecule has 0 spiro atoms. The lowest BCUT2D eigenvalue weighted by Crippen LogP contribution is -2.10. The van der Waals surface area contributed by atoms with Crippen molar-refractivity contribution in [2.24, 2.45) is 0 Å². The van der Waals surface area contributed by atoms with Crippen LogP contribution < -0.4 is 4.74 Å². The van der Waals surface area contributed by atoms with Crippen LogP contribution in [-0.4, -0.2) is 11.9 Å². The van der Waals surface area contributed by atoms with E-state index in [0.717, 1.165) is 19.1 Å². The molecule has 0 aliphatic carbocycles. The van der Waals surface area contributed by atoms with Gasteiger partial charge in [-0.1, -0.05) is 50.6 Å². The van der Waals surface area contributed by atoms with Crippen molar-refractivity contribution in [1.82, 2.24) is 0 Å². The molecule has 0 aliphatic heterocycles. The fraction of sp³-hybridized carbons (Fsp3) is 0.273. The molecule has 4 nitrogen and oxygen atoms in total. The van der Waals surface area contributed by atoms with Gasteiger partial charge in [0, 0.05) is 0 Å². The van der Waals surface area contributed by atoms with Crippen LogP contribution in [0.25, 0.3) is 0 Å². The third kappa shape index (κ3) is 5.59. The topological polar surface area (TPSA) is 52.6 Å². The number of ether oxygens (including phenoxy) is 2. The summed E-state index contributed by atoms with van der Waals surface area (Å²) >= 11 is 0. The molecule has 1 unspecified atom stereocenters. The highest BCUT2D eigenvalue weighted by Crippen LogP contribution is 2.21. The number of carbonyl (C=O) groups is 2. The Balaban J connectivity index is 1.94. The van der Waals surface area contributed by atoms with Crippen LogP contribution in [0.4, 0.5) is 0 Å². The molecule has 0 saturated heterocycles. The molecule has 0 bridgehead atoms. The van der Waals surface area contributed by atoms with Gasteiger partial charge in [-0.25, -0.2) is 9.59 Å². The minimum atomic E-state index is -0.562. The summed E-state index contributed by atoms with van der Waals surface area (Å²) in [7, 11) is 0. The van der Waals surface area contributed by atoms with Gasteiger partial charge in [0.1, 0.15) is 12.0 Å². The Morgan fingerprint density at radius 1 is 1.04 bits per heavy atom. The van der Waals surface area contributed by atoms with Gasteiger partial charge in [0.05, 0.1) is 11.1 Å². The van der Waals surface area contributed by atoms with Crippen molar-refractivity contribution in [3.05, 3.63) is 77.6 Å². The molecule has 0 aromatic heterocycles. The van der Waals surface area contributed by atoms with Gasteiger partial charge in [0.15, 0.2) is 0 Å². The Labute approximate surface area is 154 Å². The fourth-order valence-corrected chi connectivity index (χ4v) is 2.48. The van der Waals surface area contributed by atoms with Gasteiger partial charge in [-0.15, -0.1) is 0 Å². The molecular formula is C22H24O4. The van der Waals surface area contributed by atoms with E-state index in [0.29, 0.717) is 17.2 Å². The molecule has 2 rings (SSSR count). The van der Waals surface area contributed by atoms with Gasteiger partial charge in [-0.05, 0) is 49.1 Å². The molecule has 0 aliphatic rings. The maximum absolute atomic E-state index is 12.1. The highest BCUT2D eigenvalue weighted by Gasteiger charge is 2.11.